The summed E-state index contributed by atoms with van der Waals surface area (Å²) in [5.41, 5.74) is -2.45. The molecule has 1 unspecified atom stereocenters. The highest BCUT2D eigenvalue weighted by Crippen LogP contribution is 2.51. The Morgan fingerprint density at radius 3 is 2.36 bits per heavy atom. The summed E-state index contributed by atoms with van der Waals surface area (Å²) in [6.07, 6.45) is -1.29. The van der Waals surface area contributed by atoms with Gasteiger partial charge in [0.2, 0.25) is 17.7 Å². The summed E-state index contributed by atoms with van der Waals surface area (Å²) >= 11 is 0. The van der Waals surface area contributed by atoms with Crippen LogP contribution < -0.4 is 5.32 Å². The molecule has 3 heterocycles. The number of rotatable bonds is 5. The van der Waals surface area contributed by atoms with Gasteiger partial charge in [-0.25, -0.2) is 4.39 Å². The number of amides is 4. The topological polar surface area (TPSA) is 99.7 Å². The quantitative estimate of drug-likeness (QED) is 0.456. The Labute approximate surface area is 222 Å². The fourth-order valence-electron chi connectivity index (χ4n) is 5.43. The number of hydrogen-bond donors (Lipinski definition) is 1. The SMILES string of the molecule is CC(C)[C@@H](NC(=O)c1cc(C(F)(F)F)ccc1F)C(=O)N1CCC2(CC1)C(=O)N(C)C(=O)C2c1cccnc1. The molecule has 8 nitrogen and oxygen atoms in total. The van der Waals surface area contributed by atoms with Gasteiger partial charge < -0.3 is 10.2 Å². The largest absolute Gasteiger partial charge is 0.416 e. The smallest absolute Gasteiger partial charge is 0.341 e. The van der Waals surface area contributed by atoms with Crippen molar-refractivity contribution in [2.45, 2.75) is 44.8 Å². The van der Waals surface area contributed by atoms with Gasteiger partial charge in [-0.3, -0.25) is 29.1 Å². The van der Waals surface area contributed by atoms with Crippen LogP contribution in [0.25, 0.3) is 0 Å². The molecule has 208 valence electrons. The second kappa shape index (κ2) is 10.4. The molecule has 39 heavy (non-hydrogen) atoms. The number of carbonyl (C=O) groups is 4. The van der Waals surface area contributed by atoms with Crippen molar-refractivity contribution in [2.24, 2.45) is 11.3 Å². The fourth-order valence-corrected chi connectivity index (χ4v) is 5.43. The molecule has 0 aliphatic carbocycles. The molecule has 1 N–H and O–H groups in total. The average molecular weight is 549 g/mol. The van der Waals surface area contributed by atoms with E-state index in [1.807, 2.05) is 0 Å². The molecule has 2 aromatic rings. The summed E-state index contributed by atoms with van der Waals surface area (Å²) in [5, 5.41) is 2.39. The Bertz CT molecular complexity index is 1290. The number of nitrogens with zero attached hydrogens (tertiary/aromatic N) is 3. The number of hydrogen-bond acceptors (Lipinski definition) is 5. The number of imide groups is 1. The van der Waals surface area contributed by atoms with Crippen molar-refractivity contribution in [1.82, 2.24) is 20.1 Å². The summed E-state index contributed by atoms with van der Waals surface area (Å²) < 4.78 is 53.6. The summed E-state index contributed by atoms with van der Waals surface area (Å²) in [5.74, 6) is -4.70. The molecule has 0 bridgehead atoms. The average Bonchev–Trinajstić information content (AvgIpc) is 3.07. The standard InChI is InChI=1S/C27H28F4N4O4/c1-15(2)21(33-22(36)18-13-17(27(29,30)31)6-7-19(18)28)24(38)35-11-8-26(9-12-35)20(16-5-4-10-32-14-16)23(37)34(3)25(26)39/h4-7,10,13-15,20-21H,8-9,11-12H2,1-3H3,(H,33,36)/t20?,21-/m1/s1. The zero-order chi connectivity index (χ0) is 28.7. The Morgan fingerprint density at radius 1 is 1.13 bits per heavy atom. The predicted molar refractivity (Wildman–Crippen MR) is 130 cm³/mol. The molecule has 2 atom stereocenters. The van der Waals surface area contributed by atoms with E-state index < -0.39 is 58.2 Å². The van der Waals surface area contributed by atoms with Crippen molar-refractivity contribution in [1.29, 1.82) is 0 Å². The first-order valence-corrected chi connectivity index (χ1v) is 12.5. The molecule has 12 heteroatoms. The number of likely N-dealkylation sites (tertiary alicyclic amines) is 2. The summed E-state index contributed by atoms with van der Waals surface area (Å²) in [7, 11) is 1.43. The molecule has 0 saturated carbocycles. The number of piperidine rings is 1. The van der Waals surface area contributed by atoms with Crippen molar-refractivity contribution >= 4 is 23.6 Å². The highest BCUT2D eigenvalue weighted by molar-refractivity contribution is 6.10. The predicted octanol–water partition coefficient (Wildman–Crippen LogP) is 3.39. The molecule has 2 aliphatic rings. The normalized spacial score (nSPS) is 20.1. The third-order valence-electron chi connectivity index (χ3n) is 7.60. The molecular formula is C27H28F4N4O4. The van der Waals surface area contributed by atoms with E-state index in [-0.39, 0.29) is 37.7 Å². The number of aromatic nitrogens is 1. The molecule has 2 aliphatic heterocycles. The van der Waals surface area contributed by atoms with E-state index in [0.29, 0.717) is 23.8 Å². The fraction of sp³-hybridized carbons (Fsp3) is 0.444. The number of nitrogens with one attached hydrogen (secondary N) is 1. The van der Waals surface area contributed by atoms with Crippen LogP contribution in [0.3, 0.4) is 0 Å². The molecule has 4 rings (SSSR count). The Kier molecular flexibility index (Phi) is 7.50. The van der Waals surface area contributed by atoms with Crippen molar-refractivity contribution < 1.29 is 36.7 Å². The third kappa shape index (κ3) is 5.11. The lowest BCUT2D eigenvalue weighted by Crippen LogP contribution is -2.55. The van der Waals surface area contributed by atoms with Crippen LogP contribution in [0.4, 0.5) is 17.6 Å². The van der Waals surface area contributed by atoms with Gasteiger partial charge in [0, 0.05) is 32.5 Å². The number of likely N-dealkylation sites (N-methyl/N-ethyl adjacent to an activating group) is 1. The maximum atomic E-state index is 14.3. The van der Waals surface area contributed by atoms with Gasteiger partial charge in [-0.15, -0.1) is 0 Å². The minimum atomic E-state index is -4.78. The number of carbonyl (C=O) groups excluding carboxylic acids is 4. The molecule has 2 fully saturated rings. The second-order valence-corrected chi connectivity index (χ2v) is 10.3. The first kappa shape index (κ1) is 28.2. The molecule has 4 amide bonds. The maximum Gasteiger partial charge on any atom is 0.416 e. The number of benzene rings is 1. The van der Waals surface area contributed by atoms with E-state index in [2.05, 4.69) is 10.3 Å². The molecule has 2 saturated heterocycles. The van der Waals surface area contributed by atoms with E-state index in [1.54, 1.807) is 38.4 Å². The Balaban J connectivity index is 1.52. The molecule has 1 spiro atoms. The van der Waals surface area contributed by atoms with Gasteiger partial charge in [0.05, 0.1) is 22.5 Å². The van der Waals surface area contributed by atoms with Crippen LogP contribution in [0, 0.1) is 17.2 Å². The number of alkyl halides is 3. The van der Waals surface area contributed by atoms with Crippen molar-refractivity contribution in [2.75, 3.05) is 20.1 Å². The number of pyridine rings is 1. The lowest BCUT2D eigenvalue weighted by Gasteiger charge is -2.41. The molecular weight excluding hydrogens is 520 g/mol. The van der Waals surface area contributed by atoms with Crippen molar-refractivity contribution in [3.8, 4) is 0 Å². The van der Waals surface area contributed by atoms with E-state index in [1.165, 1.54) is 11.9 Å². The van der Waals surface area contributed by atoms with E-state index in [0.717, 1.165) is 4.90 Å². The maximum absolute atomic E-state index is 14.3. The van der Waals surface area contributed by atoms with Crippen molar-refractivity contribution in [3.63, 3.8) is 0 Å². The van der Waals surface area contributed by atoms with E-state index >= 15 is 0 Å². The second-order valence-electron chi connectivity index (χ2n) is 10.3. The highest BCUT2D eigenvalue weighted by atomic mass is 19.4. The summed E-state index contributed by atoms with van der Waals surface area (Å²) in [4.78, 5) is 59.1. The first-order chi connectivity index (χ1) is 18.3. The van der Waals surface area contributed by atoms with Gasteiger partial charge in [0.15, 0.2) is 0 Å². The molecule has 1 aromatic heterocycles. The van der Waals surface area contributed by atoms with Gasteiger partial charge >= 0.3 is 6.18 Å². The summed E-state index contributed by atoms with van der Waals surface area (Å²) in [6, 6.07) is 3.77. The highest BCUT2D eigenvalue weighted by Gasteiger charge is 2.59. The van der Waals surface area contributed by atoms with Gasteiger partial charge in [-0.05, 0) is 48.6 Å². The minimum Gasteiger partial charge on any atom is -0.341 e. The lowest BCUT2D eigenvalue weighted by atomic mass is 9.68. The van der Waals surface area contributed by atoms with E-state index in [9.17, 15) is 36.7 Å². The number of halogens is 4. The monoisotopic (exact) mass is 548 g/mol. The third-order valence-corrected chi connectivity index (χ3v) is 7.60. The zero-order valence-corrected chi connectivity index (χ0v) is 21.6. The van der Waals surface area contributed by atoms with Gasteiger partial charge in [0.25, 0.3) is 5.91 Å². The van der Waals surface area contributed by atoms with Crippen LogP contribution >= 0.6 is 0 Å². The first-order valence-electron chi connectivity index (χ1n) is 12.5. The molecule has 1 aromatic carbocycles. The van der Waals surface area contributed by atoms with Crippen LogP contribution in [-0.4, -0.2) is 64.6 Å². The molecule has 0 radical (unpaired) electrons. The summed E-state index contributed by atoms with van der Waals surface area (Å²) in [6.45, 7) is 3.51. The van der Waals surface area contributed by atoms with Crippen LogP contribution in [0.5, 0.6) is 0 Å². The van der Waals surface area contributed by atoms with E-state index in [4.69, 9.17) is 0 Å². The van der Waals surface area contributed by atoms with Gasteiger partial charge in [0.1, 0.15) is 11.9 Å². The zero-order valence-electron chi connectivity index (χ0n) is 21.6. The van der Waals surface area contributed by atoms with Gasteiger partial charge in [-0.2, -0.15) is 13.2 Å². The van der Waals surface area contributed by atoms with Gasteiger partial charge in [-0.1, -0.05) is 19.9 Å². The lowest BCUT2D eigenvalue weighted by molar-refractivity contribution is -0.144. The minimum absolute atomic E-state index is 0.111. The van der Waals surface area contributed by atoms with Crippen LogP contribution in [-0.2, 0) is 20.6 Å². The van der Waals surface area contributed by atoms with Crippen LogP contribution in [0.2, 0.25) is 0 Å². The van der Waals surface area contributed by atoms with Crippen LogP contribution in [0.1, 0.15) is 54.1 Å². The Morgan fingerprint density at radius 2 is 1.79 bits per heavy atom. The Hall–Kier alpha value is -3.83. The van der Waals surface area contributed by atoms with Crippen LogP contribution in [0.15, 0.2) is 42.7 Å². The van der Waals surface area contributed by atoms with Crippen molar-refractivity contribution in [3.05, 3.63) is 65.2 Å².